The van der Waals surface area contributed by atoms with Crippen LogP contribution in [0.4, 0.5) is 5.69 Å². The molecule has 0 bridgehead atoms. The average Bonchev–Trinajstić information content (AvgIpc) is 2.71. The van der Waals surface area contributed by atoms with E-state index in [0.29, 0.717) is 36.2 Å². The minimum atomic E-state index is -3.36. The van der Waals surface area contributed by atoms with Crippen LogP contribution in [-0.4, -0.2) is 39.6 Å². The van der Waals surface area contributed by atoms with Crippen LogP contribution in [-0.2, 0) is 27.6 Å². The van der Waals surface area contributed by atoms with Gasteiger partial charge in [-0.05, 0) is 48.6 Å². The van der Waals surface area contributed by atoms with Gasteiger partial charge in [-0.15, -0.1) is 0 Å². The molecule has 0 saturated carbocycles. The SMILES string of the molecule is CCCc1ccc(C(=O)COC(=O)c2ccc3c(c2)CCCN3S(C)(=O)=O)cc1. The first kappa shape index (κ1) is 21.0. The molecule has 7 heteroatoms. The Morgan fingerprint density at radius 3 is 2.41 bits per heavy atom. The lowest BCUT2D eigenvalue weighted by Gasteiger charge is -2.29. The van der Waals surface area contributed by atoms with Crippen molar-refractivity contribution < 1.29 is 22.7 Å². The zero-order valence-electron chi connectivity index (χ0n) is 16.7. The van der Waals surface area contributed by atoms with E-state index in [1.165, 1.54) is 22.2 Å². The Kier molecular flexibility index (Phi) is 6.37. The number of benzene rings is 2. The number of Topliss-reactive ketones (excluding diaryl/α,β-unsaturated/α-hetero) is 1. The van der Waals surface area contributed by atoms with Crippen LogP contribution in [0.5, 0.6) is 0 Å². The summed E-state index contributed by atoms with van der Waals surface area (Å²) < 4.78 is 30.4. The number of carbonyl (C=O) groups excluding carboxylic acids is 2. The zero-order valence-corrected chi connectivity index (χ0v) is 17.5. The number of rotatable bonds is 7. The lowest BCUT2D eigenvalue weighted by Crippen LogP contribution is -2.34. The van der Waals surface area contributed by atoms with E-state index in [2.05, 4.69) is 6.92 Å². The van der Waals surface area contributed by atoms with Crippen LogP contribution in [0.1, 0.15) is 51.6 Å². The van der Waals surface area contributed by atoms with Crippen molar-refractivity contribution in [3.8, 4) is 0 Å². The van der Waals surface area contributed by atoms with Gasteiger partial charge < -0.3 is 4.74 Å². The molecule has 29 heavy (non-hydrogen) atoms. The smallest absolute Gasteiger partial charge is 0.338 e. The van der Waals surface area contributed by atoms with E-state index in [-0.39, 0.29) is 12.4 Å². The van der Waals surface area contributed by atoms with Crippen LogP contribution in [0.25, 0.3) is 0 Å². The van der Waals surface area contributed by atoms with Crippen LogP contribution in [0.15, 0.2) is 42.5 Å². The fourth-order valence-electron chi connectivity index (χ4n) is 3.48. The van der Waals surface area contributed by atoms with Crippen molar-refractivity contribution in [1.29, 1.82) is 0 Å². The van der Waals surface area contributed by atoms with Gasteiger partial charge in [0.15, 0.2) is 12.4 Å². The molecule has 0 fully saturated rings. The standard InChI is InChI=1S/C22H25NO5S/c1-3-5-16-7-9-17(10-8-16)21(24)15-28-22(25)19-11-12-20-18(14-19)6-4-13-23(20)29(2,26)27/h7-12,14H,3-6,13,15H2,1-2H3. The number of hydrogen-bond donors (Lipinski definition) is 0. The fourth-order valence-corrected chi connectivity index (χ4v) is 4.47. The lowest BCUT2D eigenvalue weighted by molar-refractivity contribution is 0.0474. The van der Waals surface area contributed by atoms with Crippen molar-refractivity contribution in [2.75, 3.05) is 23.7 Å². The molecule has 0 atom stereocenters. The van der Waals surface area contributed by atoms with Gasteiger partial charge in [-0.1, -0.05) is 37.6 Å². The molecule has 2 aromatic rings. The maximum atomic E-state index is 12.4. The third kappa shape index (κ3) is 5.03. The summed E-state index contributed by atoms with van der Waals surface area (Å²) in [6, 6.07) is 12.1. The number of anilines is 1. The highest BCUT2D eigenvalue weighted by molar-refractivity contribution is 7.92. The quantitative estimate of drug-likeness (QED) is 0.511. The molecule has 1 aliphatic heterocycles. The summed E-state index contributed by atoms with van der Waals surface area (Å²) in [6.07, 6.45) is 4.54. The van der Waals surface area contributed by atoms with Gasteiger partial charge in [-0.25, -0.2) is 13.2 Å². The summed E-state index contributed by atoms with van der Waals surface area (Å²) in [4.78, 5) is 24.7. The summed E-state index contributed by atoms with van der Waals surface area (Å²) >= 11 is 0. The van der Waals surface area contributed by atoms with Crippen LogP contribution in [0, 0.1) is 0 Å². The maximum absolute atomic E-state index is 12.4. The van der Waals surface area contributed by atoms with Crippen LogP contribution in [0.3, 0.4) is 0 Å². The van der Waals surface area contributed by atoms with E-state index >= 15 is 0 Å². The molecule has 0 unspecified atom stereocenters. The predicted molar refractivity (Wildman–Crippen MR) is 112 cm³/mol. The normalized spacial score (nSPS) is 13.7. The van der Waals surface area contributed by atoms with Crippen molar-refractivity contribution in [2.24, 2.45) is 0 Å². The summed E-state index contributed by atoms with van der Waals surface area (Å²) in [6.45, 7) is 2.19. The Labute approximate surface area is 171 Å². The van der Waals surface area contributed by atoms with Gasteiger partial charge in [0.25, 0.3) is 0 Å². The Morgan fingerprint density at radius 2 is 1.76 bits per heavy atom. The average molecular weight is 416 g/mol. The molecule has 0 amide bonds. The summed E-state index contributed by atoms with van der Waals surface area (Å²) in [5.74, 6) is -0.858. The first-order chi connectivity index (χ1) is 13.8. The number of fused-ring (bicyclic) bond motifs is 1. The number of sulfonamides is 1. The minimum Gasteiger partial charge on any atom is -0.454 e. The molecule has 0 N–H and O–H groups in total. The van der Waals surface area contributed by atoms with Gasteiger partial charge in [-0.3, -0.25) is 9.10 Å². The molecule has 0 saturated heterocycles. The van der Waals surface area contributed by atoms with E-state index in [1.54, 1.807) is 24.3 Å². The minimum absolute atomic E-state index is 0.261. The Hall–Kier alpha value is -2.67. The van der Waals surface area contributed by atoms with Gasteiger partial charge in [0.05, 0.1) is 17.5 Å². The number of nitrogens with zero attached hydrogens (tertiary/aromatic N) is 1. The molecule has 1 aliphatic rings. The molecular weight excluding hydrogens is 390 g/mol. The largest absolute Gasteiger partial charge is 0.454 e. The highest BCUT2D eigenvalue weighted by atomic mass is 32.2. The number of ether oxygens (including phenoxy) is 1. The second kappa shape index (κ2) is 8.78. The molecule has 1 heterocycles. The molecular formula is C22H25NO5S. The summed E-state index contributed by atoms with van der Waals surface area (Å²) in [5, 5.41) is 0. The molecule has 0 aliphatic carbocycles. The van der Waals surface area contributed by atoms with Crippen molar-refractivity contribution in [2.45, 2.75) is 32.6 Å². The highest BCUT2D eigenvalue weighted by Crippen LogP contribution is 2.30. The highest BCUT2D eigenvalue weighted by Gasteiger charge is 2.25. The number of carbonyl (C=O) groups is 2. The van der Waals surface area contributed by atoms with E-state index in [9.17, 15) is 18.0 Å². The lowest BCUT2D eigenvalue weighted by atomic mass is 10.0. The third-order valence-corrected chi connectivity index (χ3v) is 6.12. The summed E-state index contributed by atoms with van der Waals surface area (Å²) in [5.41, 5.74) is 3.36. The van der Waals surface area contributed by atoms with Gasteiger partial charge in [0.1, 0.15) is 0 Å². The van der Waals surface area contributed by atoms with Crippen LogP contribution < -0.4 is 4.31 Å². The monoisotopic (exact) mass is 415 g/mol. The van der Waals surface area contributed by atoms with Crippen molar-refractivity contribution >= 4 is 27.5 Å². The van der Waals surface area contributed by atoms with Gasteiger partial charge in [-0.2, -0.15) is 0 Å². The number of hydrogen-bond acceptors (Lipinski definition) is 5. The maximum Gasteiger partial charge on any atom is 0.338 e. The van der Waals surface area contributed by atoms with E-state index in [4.69, 9.17) is 4.74 Å². The van der Waals surface area contributed by atoms with E-state index in [1.807, 2.05) is 12.1 Å². The van der Waals surface area contributed by atoms with Gasteiger partial charge in [0.2, 0.25) is 10.0 Å². The van der Waals surface area contributed by atoms with Crippen molar-refractivity contribution in [3.05, 3.63) is 64.7 Å². The van der Waals surface area contributed by atoms with Gasteiger partial charge >= 0.3 is 5.97 Å². The van der Waals surface area contributed by atoms with Crippen molar-refractivity contribution in [3.63, 3.8) is 0 Å². The Morgan fingerprint density at radius 1 is 1.07 bits per heavy atom. The van der Waals surface area contributed by atoms with Crippen LogP contribution >= 0.6 is 0 Å². The Bertz CT molecular complexity index is 1010. The zero-order chi connectivity index (χ0) is 21.0. The fraction of sp³-hybridized carbons (Fsp3) is 0.364. The predicted octanol–water partition coefficient (Wildman–Crippen LogP) is 3.39. The number of esters is 1. The molecule has 2 aromatic carbocycles. The number of aryl methyl sites for hydroxylation is 2. The van der Waals surface area contributed by atoms with Gasteiger partial charge in [0, 0.05) is 12.1 Å². The second-order valence-electron chi connectivity index (χ2n) is 7.23. The molecule has 3 rings (SSSR count). The van der Waals surface area contributed by atoms with E-state index < -0.39 is 16.0 Å². The molecule has 154 valence electrons. The first-order valence-electron chi connectivity index (χ1n) is 9.69. The molecule has 0 aromatic heterocycles. The third-order valence-electron chi connectivity index (χ3n) is 4.94. The van der Waals surface area contributed by atoms with Crippen molar-refractivity contribution in [1.82, 2.24) is 0 Å². The topological polar surface area (TPSA) is 80.8 Å². The molecule has 0 spiro atoms. The Balaban J connectivity index is 1.66. The second-order valence-corrected chi connectivity index (χ2v) is 9.14. The molecule has 0 radical (unpaired) electrons. The molecule has 6 nitrogen and oxygen atoms in total. The first-order valence-corrected chi connectivity index (χ1v) is 11.5. The van der Waals surface area contributed by atoms with E-state index in [0.717, 1.165) is 18.4 Å². The summed E-state index contributed by atoms with van der Waals surface area (Å²) in [7, 11) is -3.36. The van der Waals surface area contributed by atoms with Crippen LogP contribution in [0.2, 0.25) is 0 Å². The number of ketones is 1.